The average Bonchev–Trinajstić information content (AvgIpc) is 3.44. The molecule has 0 bridgehead atoms. The smallest absolute Gasteiger partial charge is 0.319 e. The number of carbonyl (C=O) groups is 1. The van der Waals surface area contributed by atoms with E-state index >= 15 is 0 Å². The van der Waals surface area contributed by atoms with Gasteiger partial charge in [-0.3, -0.25) is 4.98 Å². The van der Waals surface area contributed by atoms with E-state index < -0.39 is 0 Å². The highest BCUT2D eigenvalue weighted by Crippen LogP contribution is 2.40. The van der Waals surface area contributed by atoms with Crippen molar-refractivity contribution < 1.29 is 4.79 Å². The zero-order valence-electron chi connectivity index (χ0n) is 16.4. The molecule has 0 aliphatic heterocycles. The Hall–Kier alpha value is -3.15. The van der Waals surface area contributed by atoms with Crippen LogP contribution in [0.25, 0.3) is 5.69 Å². The van der Waals surface area contributed by atoms with Crippen molar-refractivity contribution in [2.75, 3.05) is 5.32 Å². The summed E-state index contributed by atoms with van der Waals surface area (Å²) in [5, 5.41) is 10.5. The standard InChI is InChI=1S/C22H25N5O/c1-14-5-4-6-20(23-14)21(17-7-8-17)25-22(28)24-18-9-11-19(12-10-18)27-16(3)13-15(2)26-27/h4-6,9-13,17,21H,7-8H2,1-3H3,(H2,24,25,28). The fourth-order valence-corrected chi connectivity index (χ4v) is 3.48. The molecule has 1 atom stereocenters. The number of nitrogens with one attached hydrogen (secondary N) is 2. The number of aromatic nitrogens is 3. The Balaban J connectivity index is 1.43. The van der Waals surface area contributed by atoms with Gasteiger partial charge in [0, 0.05) is 17.1 Å². The van der Waals surface area contributed by atoms with Crippen molar-refractivity contribution in [1.82, 2.24) is 20.1 Å². The van der Waals surface area contributed by atoms with Gasteiger partial charge in [-0.05, 0) is 82.0 Å². The minimum Gasteiger partial charge on any atom is -0.329 e. The maximum absolute atomic E-state index is 12.6. The van der Waals surface area contributed by atoms with Gasteiger partial charge in [0.2, 0.25) is 0 Å². The van der Waals surface area contributed by atoms with Crippen molar-refractivity contribution in [2.24, 2.45) is 5.92 Å². The van der Waals surface area contributed by atoms with Gasteiger partial charge in [0.25, 0.3) is 0 Å². The lowest BCUT2D eigenvalue weighted by Crippen LogP contribution is -2.34. The molecule has 1 fully saturated rings. The first-order valence-corrected chi connectivity index (χ1v) is 9.64. The number of amides is 2. The molecule has 0 spiro atoms. The Bertz CT molecular complexity index is 988. The van der Waals surface area contributed by atoms with Gasteiger partial charge in [0.1, 0.15) is 0 Å². The normalized spacial score (nSPS) is 14.5. The third-order valence-electron chi connectivity index (χ3n) is 4.99. The second kappa shape index (κ2) is 7.46. The molecule has 2 amide bonds. The quantitative estimate of drug-likeness (QED) is 0.691. The Morgan fingerprint density at radius 3 is 2.43 bits per heavy atom. The third-order valence-corrected chi connectivity index (χ3v) is 4.99. The lowest BCUT2D eigenvalue weighted by Gasteiger charge is -2.19. The van der Waals surface area contributed by atoms with Crippen molar-refractivity contribution >= 4 is 11.7 Å². The minimum absolute atomic E-state index is 0.0473. The molecular weight excluding hydrogens is 350 g/mol. The Labute approximate surface area is 165 Å². The predicted molar refractivity (Wildman–Crippen MR) is 110 cm³/mol. The summed E-state index contributed by atoms with van der Waals surface area (Å²) in [4.78, 5) is 17.2. The van der Waals surface area contributed by atoms with Gasteiger partial charge in [-0.25, -0.2) is 9.48 Å². The third kappa shape index (κ3) is 4.06. The van der Waals surface area contributed by atoms with Crippen molar-refractivity contribution in [2.45, 2.75) is 39.7 Å². The largest absolute Gasteiger partial charge is 0.329 e. The average molecular weight is 375 g/mol. The van der Waals surface area contributed by atoms with E-state index in [1.165, 1.54) is 0 Å². The molecule has 0 saturated heterocycles. The van der Waals surface area contributed by atoms with E-state index in [0.717, 1.165) is 47.0 Å². The molecule has 2 heterocycles. The van der Waals surface area contributed by atoms with E-state index in [9.17, 15) is 4.79 Å². The molecule has 1 aromatic carbocycles. The number of benzene rings is 1. The topological polar surface area (TPSA) is 71.8 Å². The zero-order chi connectivity index (χ0) is 19.7. The van der Waals surface area contributed by atoms with Gasteiger partial charge < -0.3 is 10.6 Å². The summed E-state index contributed by atoms with van der Waals surface area (Å²) < 4.78 is 1.89. The van der Waals surface area contributed by atoms with Crippen LogP contribution in [0.5, 0.6) is 0 Å². The first kappa shape index (κ1) is 18.2. The molecule has 28 heavy (non-hydrogen) atoms. The summed E-state index contributed by atoms with van der Waals surface area (Å²) in [5.41, 5.74) is 5.66. The van der Waals surface area contributed by atoms with E-state index in [4.69, 9.17) is 0 Å². The van der Waals surface area contributed by atoms with Crippen LogP contribution in [0.4, 0.5) is 10.5 Å². The second-order valence-electron chi connectivity index (χ2n) is 7.50. The SMILES string of the molecule is Cc1cccc(C(NC(=O)Nc2ccc(-n3nc(C)cc3C)cc2)C2CC2)n1. The van der Waals surface area contributed by atoms with E-state index in [0.29, 0.717) is 5.92 Å². The highest BCUT2D eigenvalue weighted by molar-refractivity contribution is 5.89. The van der Waals surface area contributed by atoms with E-state index in [1.54, 1.807) is 0 Å². The van der Waals surface area contributed by atoms with Crippen LogP contribution < -0.4 is 10.6 Å². The second-order valence-corrected chi connectivity index (χ2v) is 7.50. The van der Waals surface area contributed by atoms with Crippen LogP contribution in [-0.2, 0) is 0 Å². The summed E-state index contributed by atoms with van der Waals surface area (Å²) in [7, 11) is 0. The molecule has 144 valence electrons. The number of hydrogen-bond donors (Lipinski definition) is 2. The summed E-state index contributed by atoms with van der Waals surface area (Å²) in [6.45, 7) is 5.97. The van der Waals surface area contributed by atoms with Crippen molar-refractivity contribution in [3.8, 4) is 5.69 Å². The van der Waals surface area contributed by atoms with E-state index in [2.05, 4.69) is 20.7 Å². The van der Waals surface area contributed by atoms with Crippen LogP contribution >= 0.6 is 0 Å². The Kier molecular flexibility index (Phi) is 4.86. The number of aryl methyl sites for hydroxylation is 3. The highest BCUT2D eigenvalue weighted by Gasteiger charge is 2.34. The van der Waals surface area contributed by atoms with Crippen molar-refractivity contribution in [3.63, 3.8) is 0 Å². The molecule has 3 aromatic rings. The van der Waals surface area contributed by atoms with Crippen LogP contribution in [0.2, 0.25) is 0 Å². The molecule has 1 saturated carbocycles. The fourth-order valence-electron chi connectivity index (χ4n) is 3.48. The number of rotatable bonds is 5. The summed E-state index contributed by atoms with van der Waals surface area (Å²) in [6.07, 6.45) is 2.25. The molecule has 2 N–H and O–H groups in total. The van der Waals surface area contributed by atoms with Crippen molar-refractivity contribution in [1.29, 1.82) is 0 Å². The predicted octanol–water partition coefficient (Wildman–Crippen LogP) is 4.47. The van der Waals surface area contributed by atoms with Crippen LogP contribution in [0.15, 0.2) is 48.5 Å². The lowest BCUT2D eigenvalue weighted by atomic mass is 10.1. The van der Waals surface area contributed by atoms with Crippen molar-refractivity contribution in [3.05, 3.63) is 71.3 Å². The molecule has 4 rings (SSSR count). The Morgan fingerprint density at radius 2 is 1.82 bits per heavy atom. The van der Waals surface area contributed by atoms with Crippen LogP contribution in [0.1, 0.15) is 41.7 Å². The molecule has 0 radical (unpaired) electrons. The number of urea groups is 1. The zero-order valence-corrected chi connectivity index (χ0v) is 16.4. The maximum Gasteiger partial charge on any atom is 0.319 e. The summed E-state index contributed by atoms with van der Waals surface area (Å²) in [6, 6.07) is 15.4. The van der Waals surface area contributed by atoms with E-state index in [1.807, 2.05) is 74.0 Å². The number of hydrogen-bond acceptors (Lipinski definition) is 3. The monoisotopic (exact) mass is 375 g/mol. The molecule has 6 heteroatoms. The first-order valence-electron chi connectivity index (χ1n) is 9.64. The molecule has 1 aliphatic carbocycles. The number of anilines is 1. The summed E-state index contributed by atoms with van der Waals surface area (Å²) in [5.74, 6) is 0.466. The van der Waals surface area contributed by atoms with Gasteiger partial charge in [0.05, 0.1) is 23.1 Å². The number of nitrogens with zero attached hydrogens (tertiary/aromatic N) is 3. The lowest BCUT2D eigenvalue weighted by molar-refractivity contribution is 0.246. The van der Waals surface area contributed by atoms with Crippen LogP contribution in [0, 0.1) is 26.7 Å². The summed E-state index contributed by atoms with van der Waals surface area (Å²) >= 11 is 0. The molecule has 1 aliphatic rings. The van der Waals surface area contributed by atoms with Gasteiger partial charge in [-0.1, -0.05) is 6.07 Å². The molecular formula is C22H25N5O. The van der Waals surface area contributed by atoms with Crippen LogP contribution in [-0.4, -0.2) is 20.8 Å². The fraction of sp³-hybridized carbons (Fsp3) is 0.318. The molecule has 1 unspecified atom stereocenters. The first-order chi connectivity index (χ1) is 13.5. The molecule has 2 aromatic heterocycles. The number of pyridine rings is 1. The Morgan fingerprint density at radius 1 is 1.07 bits per heavy atom. The van der Waals surface area contributed by atoms with Gasteiger partial charge in [0.15, 0.2) is 0 Å². The maximum atomic E-state index is 12.6. The van der Waals surface area contributed by atoms with Gasteiger partial charge >= 0.3 is 6.03 Å². The highest BCUT2D eigenvalue weighted by atomic mass is 16.2. The molecule has 6 nitrogen and oxygen atoms in total. The van der Waals surface area contributed by atoms with Crippen LogP contribution in [0.3, 0.4) is 0 Å². The van der Waals surface area contributed by atoms with E-state index in [-0.39, 0.29) is 12.1 Å². The van der Waals surface area contributed by atoms with Gasteiger partial charge in [-0.2, -0.15) is 5.10 Å². The minimum atomic E-state index is -0.209. The van der Waals surface area contributed by atoms with Gasteiger partial charge in [-0.15, -0.1) is 0 Å². The number of carbonyl (C=O) groups excluding carboxylic acids is 1.